The molecule has 0 heterocycles. The Hall–Kier alpha value is -2.00. The van der Waals surface area contributed by atoms with Crippen molar-refractivity contribution < 1.29 is 9.53 Å². The van der Waals surface area contributed by atoms with Crippen molar-refractivity contribution in [2.24, 2.45) is 0 Å². The standard InChI is InChI=1S/C18H18ClNO2/c1-12-3-5-13(6-4-12)18(9-10-18)17(21)20-14-7-8-16(22-2)15(19)11-14/h3-8,11H,9-10H2,1-2H3,(H,20,21). The Kier molecular flexibility index (Phi) is 3.83. The van der Waals surface area contributed by atoms with E-state index in [0.29, 0.717) is 16.5 Å². The molecule has 1 saturated carbocycles. The van der Waals surface area contributed by atoms with E-state index in [1.54, 1.807) is 25.3 Å². The lowest BCUT2D eigenvalue weighted by atomic mass is 9.94. The largest absolute Gasteiger partial charge is 0.495 e. The quantitative estimate of drug-likeness (QED) is 0.912. The summed E-state index contributed by atoms with van der Waals surface area (Å²) in [5.74, 6) is 0.622. The summed E-state index contributed by atoms with van der Waals surface area (Å²) in [5.41, 5.74) is 2.58. The minimum absolute atomic E-state index is 0.0255. The van der Waals surface area contributed by atoms with E-state index in [2.05, 4.69) is 5.32 Å². The molecule has 4 heteroatoms. The molecule has 3 nitrogen and oxygen atoms in total. The van der Waals surface area contributed by atoms with E-state index in [4.69, 9.17) is 16.3 Å². The average molecular weight is 316 g/mol. The number of methoxy groups -OCH3 is 1. The first-order valence-corrected chi connectivity index (χ1v) is 7.65. The molecule has 0 atom stereocenters. The van der Waals surface area contributed by atoms with Gasteiger partial charge in [0.1, 0.15) is 5.75 Å². The Morgan fingerprint density at radius 1 is 1.18 bits per heavy atom. The molecule has 1 aliphatic carbocycles. The smallest absolute Gasteiger partial charge is 0.235 e. The van der Waals surface area contributed by atoms with Crippen LogP contribution >= 0.6 is 11.6 Å². The van der Waals surface area contributed by atoms with Crippen LogP contribution in [0.2, 0.25) is 5.02 Å². The normalized spacial score (nSPS) is 15.2. The summed E-state index contributed by atoms with van der Waals surface area (Å²) in [5, 5.41) is 3.46. The van der Waals surface area contributed by atoms with Crippen molar-refractivity contribution in [2.45, 2.75) is 25.2 Å². The first-order chi connectivity index (χ1) is 10.5. The van der Waals surface area contributed by atoms with Crippen molar-refractivity contribution in [2.75, 3.05) is 12.4 Å². The van der Waals surface area contributed by atoms with E-state index in [0.717, 1.165) is 18.4 Å². The van der Waals surface area contributed by atoms with Crippen LogP contribution in [0, 0.1) is 6.92 Å². The van der Waals surface area contributed by atoms with Crippen LogP contribution in [0.5, 0.6) is 5.75 Å². The van der Waals surface area contributed by atoms with E-state index < -0.39 is 0 Å². The number of amides is 1. The highest BCUT2D eigenvalue weighted by Gasteiger charge is 2.51. The molecule has 2 aromatic rings. The van der Waals surface area contributed by atoms with Crippen LogP contribution in [-0.2, 0) is 10.2 Å². The maximum absolute atomic E-state index is 12.7. The zero-order chi connectivity index (χ0) is 15.7. The van der Waals surface area contributed by atoms with Crippen LogP contribution in [0.15, 0.2) is 42.5 Å². The highest BCUT2D eigenvalue weighted by molar-refractivity contribution is 6.32. The zero-order valence-electron chi connectivity index (χ0n) is 12.7. The van der Waals surface area contributed by atoms with Crippen LogP contribution in [0.4, 0.5) is 5.69 Å². The van der Waals surface area contributed by atoms with E-state index >= 15 is 0 Å². The molecule has 1 aliphatic rings. The van der Waals surface area contributed by atoms with Crippen LogP contribution < -0.4 is 10.1 Å². The molecular weight excluding hydrogens is 298 g/mol. The van der Waals surface area contributed by atoms with Crippen molar-refractivity contribution in [1.29, 1.82) is 0 Å². The van der Waals surface area contributed by atoms with Gasteiger partial charge in [-0.2, -0.15) is 0 Å². The highest BCUT2D eigenvalue weighted by atomic mass is 35.5. The molecule has 3 rings (SSSR count). The van der Waals surface area contributed by atoms with Gasteiger partial charge in [-0.25, -0.2) is 0 Å². The SMILES string of the molecule is COc1ccc(NC(=O)C2(c3ccc(C)cc3)CC2)cc1Cl. The minimum atomic E-state index is -0.389. The van der Waals surface area contributed by atoms with Gasteiger partial charge >= 0.3 is 0 Å². The minimum Gasteiger partial charge on any atom is -0.495 e. The Balaban J connectivity index is 1.79. The van der Waals surface area contributed by atoms with E-state index in [-0.39, 0.29) is 11.3 Å². The van der Waals surface area contributed by atoms with Gasteiger partial charge in [-0.15, -0.1) is 0 Å². The van der Waals surface area contributed by atoms with Crippen LogP contribution in [-0.4, -0.2) is 13.0 Å². The first kappa shape index (κ1) is 14.9. The van der Waals surface area contributed by atoms with E-state index in [1.807, 2.05) is 31.2 Å². The average Bonchev–Trinajstić information content (AvgIpc) is 3.30. The summed E-state index contributed by atoms with van der Waals surface area (Å²) in [4.78, 5) is 12.7. The van der Waals surface area contributed by atoms with Gasteiger partial charge in [0.2, 0.25) is 5.91 Å². The maximum Gasteiger partial charge on any atom is 0.235 e. The Labute approximate surface area is 135 Å². The van der Waals surface area contributed by atoms with Gasteiger partial charge in [-0.05, 0) is 43.5 Å². The third-order valence-corrected chi connectivity index (χ3v) is 4.49. The molecule has 1 N–H and O–H groups in total. The molecule has 0 aliphatic heterocycles. The molecule has 0 saturated heterocycles. The predicted molar refractivity (Wildman–Crippen MR) is 88.7 cm³/mol. The number of hydrogen-bond donors (Lipinski definition) is 1. The molecular formula is C18H18ClNO2. The molecule has 0 spiro atoms. The van der Waals surface area contributed by atoms with Gasteiger partial charge in [0.15, 0.2) is 0 Å². The van der Waals surface area contributed by atoms with Crippen molar-refractivity contribution in [3.8, 4) is 5.75 Å². The number of aryl methyl sites for hydroxylation is 1. The Morgan fingerprint density at radius 2 is 1.86 bits per heavy atom. The van der Waals surface area contributed by atoms with Gasteiger partial charge in [0, 0.05) is 5.69 Å². The van der Waals surface area contributed by atoms with Gasteiger partial charge in [0.25, 0.3) is 0 Å². The second kappa shape index (κ2) is 5.65. The summed E-state index contributed by atoms with van der Waals surface area (Å²) < 4.78 is 5.12. The number of benzene rings is 2. The van der Waals surface area contributed by atoms with Crippen molar-refractivity contribution in [3.63, 3.8) is 0 Å². The predicted octanol–water partition coefficient (Wildman–Crippen LogP) is 4.33. The molecule has 1 amide bonds. The third-order valence-electron chi connectivity index (χ3n) is 4.20. The lowest BCUT2D eigenvalue weighted by molar-refractivity contribution is -0.118. The molecule has 0 radical (unpaired) electrons. The summed E-state index contributed by atoms with van der Waals surface area (Å²) in [7, 11) is 1.57. The lowest BCUT2D eigenvalue weighted by Crippen LogP contribution is -2.27. The van der Waals surface area contributed by atoms with Gasteiger partial charge in [-0.3, -0.25) is 4.79 Å². The number of carbonyl (C=O) groups is 1. The number of ether oxygens (including phenoxy) is 1. The van der Waals surface area contributed by atoms with Gasteiger partial charge in [0.05, 0.1) is 17.5 Å². The van der Waals surface area contributed by atoms with Crippen molar-refractivity contribution in [3.05, 3.63) is 58.6 Å². The molecule has 22 heavy (non-hydrogen) atoms. The fourth-order valence-corrected chi connectivity index (χ4v) is 2.90. The highest BCUT2D eigenvalue weighted by Crippen LogP contribution is 2.49. The summed E-state index contributed by atoms with van der Waals surface area (Å²) >= 11 is 6.10. The van der Waals surface area contributed by atoms with Crippen LogP contribution in [0.3, 0.4) is 0 Å². The number of halogens is 1. The first-order valence-electron chi connectivity index (χ1n) is 7.27. The Bertz CT molecular complexity index is 706. The molecule has 1 fully saturated rings. The summed E-state index contributed by atoms with van der Waals surface area (Å²) in [6.45, 7) is 2.04. The molecule has 2 aromatic carbocycles. The van der Waals surface area contributed by atoms with Gasteiger partial charge in [-0.1, -0.05) is 41.4 Å². The van der Waals surface area contributed by atoms with Crippen LogP contribution in [0.25, 0.3) is 0 Å². The van der Waals surface area contributed by atoms with Gasteiger partial charge < -0.3 is 10.1 Å². The molecule has 0 aromatic heterocycles. The van der Waals surface area contributed by atoms with Crippen molar-refractivity contribution in [1.82, 2.24) is 0 Å². The number of rotatable bonds is 4. The fraction of sp³-hybridized carbons (Fsp3) is 0.278. The summed E-state index contributed by atoms with van der Waals surface area (Å²) in [6, 6.07) is 13.5. The number of carbonyl (C=O) groups excluding carboxylic acids is 1. The second-order valence-electron chi connectivity index (χ2n) is 5.75. The maximum atomic E-state index is 12.7. The Morgan fingerprint density at radius 3 is 2.41 bits per heavy atom. The molecule has 0 unspecified atom stereocenters. The van der Waals surface area contributed by atoms with Crippen LogP contribution in [0.1, 0.15) is 24.0 Å². The topological polar surface area (TPSA) is 38.3 Å². The monoisotopic (exact) mass is 315 g/mol. The molecule has 114 valence electrons. The summed E-state index contributed by atoms with van der Waals surface area (Å²) in [6.07, 6.45) is 1.76. The zero-order valence-corrected chi connectivity index (χ0v) is 13.4. The second-order valence-corrected chi connectivity index (χ2v) is 6.16. The third kappa shape index (κ3) is 2.69. The van der Waals surface area contributed by atoms with E-state index in [9.17, 15) is 4.79 Å². The fourth-order valence-electron chi connectivity index (χ4n) is 2.64. The van der Waals surface area contributed by atoms with E-state index in [1.165, 1.54) is 5.56 Å². The molecule has 0 bridgehead atoms. The number of nitrogens with one attached hydrogen (secondary N) is 1. The number of anilines is 1. The van der Waals surface area contributed by atoms with Crippen molar-refractivity contribution >= 4 is 23.2 Å². The lowest BCUT2D eigenvalue weighted by Gasteiger charge is -2.16. The number of hydrogen-bond acceptors (Lipinski definition) is 2.